The van der Waals surface area contributed by atoms with E-state index in [0.717, 1.165) is 0 Å². The van der Waals surface area contributed by atoms with Crippen LogP contribution in [0.4, 0.5) is 5.69 Å². The minimum Gasteiger partial charge on any atom is -0.480 e. The number of nitrogens with zero attached hydrogens (tertiary/aromatic N) is 2. The molecule has 0 saturated heterocycles. The van der Waals surface area contributed by atoms with Gasteiger partial charge in [0.05, 0.1) is 23.3 Å². The Kier molecular flexibility index (Phi) is 4.45. The molecule has 0 atom stereocenters. The van der Waals surface area contributed by atoms with Gasteiger partial charge in [0.25, 0.3) is 0 Å². The molecule has 7 heteroatoms. The lowest BCUT2D eigenvalue weighted by Gasteiger charge is -2.06. The van der Waals surface area contributed by atoms with Crippen molar-refractivity contribution in [3.05, 3.63) is 64.0 Å². The van der Waals surface area contributed by atoms with Crippen LogP contribution in [0.3, 0.4) is 0 Å². The van der Waals surface area contributed by atoms with Gasteiger partial charge in [0.1, 0.15) is 6.61 Å². The smallest absolute Gasteiger partial charge is 0.339 e. The van der Waals surface area contributed by atoms with E-state index in [-0.39, 0.29) is 18.0 Å². The van der Waals surface area contributed by atoms with Crippen LogP contribution in [0.5, 0.6) is 5.75 Å². The number of pyridine rings is 1. The monoisotopic (exact) mass is 288 g/mol. The van der Waals surface area contributed by atoms with Crippen molar-refractivity contribution in [3.8, 4) is 5.75 Å². The van der Waals surface area contributed by atoms with Gasteiger partial charge in [-0.1, -0.05) is 12.1 Å². The zero-order chi connectivity index (χ0) is 15.2. The number of carbonyl (C=O) groups is 1. The maximum Gasteiger partial charge on any atom is 0.339 e. The molecule has 7 nitrogen and oxygen atoms in total. The van der Waals surface area contributed by atoms with Gasteiger partial charge in [-0.25, -0.2) is 4.79 Å². The van der Waals surface area contributed by atoms with Gasteiger partial charge in [-0.05, 0) is 18.2 Å². The second-order valence-electron chi connectivity index (χ2n) is 4.04. The molecule has 0 radical (unpaired) electrons. The van der Waals surface area contributed by atoms with Crippen molar-refractivity contribution >= 4 is 11.7 Å². The summed E-state index contributed by atoms with van der Waals surface area (Å²) in [4.78, 5) is 25.6. The van der Waals surface area contributed by atoms with E-state index in [4.69, 9.17) is 4.74 Å². The predicted octanol–water partition coefficient (Wildman–Crippen LogP) is 2.36. The first-order valence-electron chi connectivity index (χ1n) is 6.01. The summed E-state index contributed by atoms with van der Waals surface area (Å²) in [6, 6.07) is 9.24. The zero-order valence-corrected chi connectivity index (χ0v) is 11.2. The molecule has 0 aliphatic heterocycles. The van der Waals surface area contributed by atoms with E-state index in [0.29, 0.717) is 11.3 Å². The highest BCUT2D eigenvalue weighted by Gasteiger charge is 2.14. The molecule has 0 aliphatic carbocycles. The summed E-state index contributed by atoms with van der Waals surface area (Å²) < 4.78 is 9.95. The van der Waals surface area contributed by atoms with E-state index < -0.39 is 10.9 Å². The first kappa shape index (κ1) is 14.4. The Labute approximate surface area is 120 Å². The molecule has 0 N–H and O–H groups in total. The summed E-state index contributed by atoms with van der Waals surface area (Å²) in [5.41, 5.74) is 0.761. The average molecular weight is 288 g/mol. The van der Waals surface area contributed by atoms with Crippen molar-refractivity contribution < 1.29 is 19.2 Å². The Morgan fingerprint density at radius 3 is 2.67 bits per heavy atom. The van der Waals surface area contributed by atoms with E-state index in [1.807, 2.05) is 0 Å². The van der Waals surface area contributed by atoms with Crippen molar-refractivity contribution in [1.82, 2.24) is 4.98 Å². The van der Waals surface area contributed by atoms with Crippen molar-refractivity contribution in [3.63, 3.8) is 0 Å². The minimum absolute atomic E-state index is 0.0618. The van der Waals surface area contributed by atoms with Gasteiger partial charge >= 0.3 is 11.7 Å². The zero-order valence-electron chi connectivity index (χ0n) is 11.2. The number of hydrogen-bond donors (Lipinski definition) is 0. The molecule has 1 heterocycles. The van der Waals surface area contributed by atoms with Crippen LogP contribution >= 0.6 is 0 Å². The lowest BCUT2D eigenvalue weighted by atomic mass is 10.2. The van der Waals surface area contributed by atoms with Crippen LogP contribution in [0, 0.1) is 10.1 Å². The molecule has 2 aromatic rings. The second kappa shape index (κ2) is 6.47. The fourth-order valence-corrected chi connectivity index (χ4v) is 1.63. The average Bonchev–Trinajstić information content (AvgIpc) is 2.52. The molecule has 21 heavy (non-hydrogen) atoms. The third kappa shape index (κ3) is 3.53. The van der Waals surface area contributed by atoms with Gasteiger partial charge in [0.15, 0.2) is 5.75 Å². The van der Waals surface area contributed by atoms with Gasteiger partial charge in [-0.2, -0.15) is 0 Å². The lowest BCUT2D eigenvalue weighted by molar-refractivity contribution is -0.385. The topological polar surface area (TPSA) is 91.6 Å². The normalized spacial score (nSPS) is 9.95. The van der Waals surface area contributed by atoms with E-state index in [9.17, 15) is 14.9 Å². The van der Waals surface area contributed by atoms with E-state index in [2.05, 4.69) is 9.72 Å². The van der Waals surface area contributed by atoms with Crippen LogP contribution in [-0.4, -0.2) is 23.0 Å². The standard InChI is InChI=1S/C14H12N2O5/c1-20-14(17)10-6-7-11(15-8-10)9-21-13-5-3-2-4-12(13)16(18)19/h2-8H,9H2,1H3. The molecule has 1 aromatic heterocycles. The number of ether oxygens (including phenoxy) is 2. The Hall–Kier alpha value is -2.96. The molecule has 0 unspecified atom stereocenters. The van der Waals surface area contributed by atoms with Crippen LogP contribution in [0.2, 0.25) is 0 Å². The lowest BCUT2D eigenvalue weighted by Crippen LogP contribution is -2.04. The fourth-order valence-electron chi connectivity index (χ4n) is 1.63. The maximum absolute atomic E-state index is 11.3. The summed E-state index contributed by atoms with van der Waals surface area (Å²) in [5, 5.41) is 10.8. The molecule has 0 bridgehead atoms. The first-order chi connectivity index (χ1) is 10.1. The van der Waals surface area contributed by atoms with Crippen molar-refractivity contribution in [1.29, 1.82) is 0 Å². The number of carbonyl (C=O) groups excluding carboxylic acids is 1. The molecule has 0 amide bonds. The van der Waals surface area contributed by atoms with Crippen molar-refractivity contribution in [2.45, 2.75) is 6.61 Å². The predicted molar refractivity (Wildman–Crippen MR) is 73.0 cm³/mol. The number of para-hydroxylation sites is 2. The second-order valence-corrected chi connectivity index (χ2v) is 4.04. The number of nitro groups is 1. The van der Waals surface area contributed by atoms with Gasteiger partial charge in [0.2, 0.25) is 0 Å². The third-order valence-corrected chi connectivity index (χ3v) is 2.68. The first-order valence-corrected chi connectivity index (χ1v) is 6.01. The van der Waals surface area contributed by atoms with E-state index in [1.54, 1.807) is 24.3 Å². The van der Waals surface area contributed by atoms with Gasteiger partial charge in [-0.3, -0.25) is 15.1 Å². The summed E-state index contributed by atoms with van der Waals surface area (Å²) >= 11 is 0. The quantitative estimate of drug-likeness (QED) is 0.476. The summed E-state index contributed by atoms with van der Waals surface area (Å²) in [7, 11) is 1.29. The van der Waals surface area contributed by atoms with Crippen molar-refractivity contribution in [2.75, 3.05) is 7.11 Å². The highest BCUT2D eigenvalue weighted by Crippen LogP contribution is 2.26. The Balaban J connectivity index is 2.07. The highest BCUT2D eigenvalue weighted by atomic mass is 16.6. The van der Waals surface area contributed by atoms with E-state index in [1.165, 1.54) is 25.4 Å². The third-order valence-electron chi connectivity index (χ3n) is 2.68. The van der Waals surface area contributed by atoms with Crippen LogP contribution in [0.25, 0.3) is 0 Å². The fraction of sp³-hybridized carbons (Fsp3) is 0.143. The van der Waals surface area contributed by atoms with Crippen LogP contribution < -0.4 is 4.74 Å². The Morgan fingerprint density at radius 1 is 1.29 bits per heavy atom. The number of benzene rings is 1. The maximum atomic E-state index is 11.3. The number of nitro benzene ring substituents is 1. The molecule has 108 valence electrons. The summed E-state index contributed by atoms with van der Waals surface area (Å²) in [6.45, 7) is 0.0618. The number of hydrogen-bond acceptors (Lipinski definition) is 6. The highest BCUT2D eigenvalue weighted by molar-refractivity contribution is 5.88. The molecular weight excluding hydrogens is 276 g/mol. The van der Waals surface area contributed by atoms with Crippen LogP contribution in [0.1, 0.15) is 16.1 Å². The Morgan fingerprint density at radius 2 is 2.05 bits per heavy atom. The van der Waals surface area contributed by atoms with E-state index >= 15 is 0 Å². The van der Waals surface area contributed by atoms with Crippen LogP contribution in [0.15, 0.2) is 42.6 Å². The summed E-state index contributed by atoms with van der Waals surface area (Å²) in [5.74, 6) is -0.310. The molecule has 0 fully saturated rings. The SMILES string of the molecule is COC(=O)c1ccc(COc2ccccc2[N+](=O)[O-])nc1. The largest absolute Gasteiger partial charge is 0.480 e. The minimum atomic E-state index is -0.511. The molecule has 1 aromatic carbocycles. The number of aromatic nitrogens is 1. The van der Waals surface area contributed by atoms with Crippen molar-refractivity contribution in [2.24, 2.45) is 0 Å². The molecule has 0 aliphatic rings. The Bertz CT molecular complexity index is 655. The number of methoxy groups -OCH3 is 1. The van der Waals surface area contributed by atoms with Gasteiger partial charge < -0.3 is 9.47 Å². The number of esters is 1. The van der Waals surface area contributed by atoms with Gasteiger partial charge in [-0.15, -0.1) is 0 Å². The summed E-state index contributed by atoms with van der Waals surface area (Å²) in [6.07, 6.45) is 1.37. The molecule has 0 saturated carbocycles. The van der Waals surface area contributed by atoms with Gasteiger partial charge in [0, 0.05) is 12.3 Å². The molecule has 0 spiro atoms. The van der Waals surface area contributed by atoms with Crippen LogP contribution in [-0.2, 0) is 11.3 Å². The number of rotatable bonds is 5. The molecular formula is C14H12N2O5. The molecule has 2 rings (SSSR count).